The summed E-state index contributed by atoms with van der Waals surface area (Å²) in [5.74, 6) is 0.829. The second-order valence-electron chi connectivity index (χ2n) is 5.03. The van der Waals surface area contributed by atoms with Crippen molar-refractivity contribution in [1.29, 1.82) is 0 Å². The Kier molecular flexibility index (Phi) is 6.78. The number of nitro groups is 1. The number of nitro benzene ring substituents is 1. The van der Waals surface area contributed by atoms with E-state index >= 15 is 0 Å². The summed E-state index contributed by atoms with van der Waals surface area (Å²) >= 11 is 0. The van der Waals surface area contributed by atoms with Gasteiger partial charge in [0.2, 0.25) is 0 Å². The number of non-ortho nitro benzene ring substituents is 1. The quantitative estimate of drug-likeness (QED) is 0.293. The van der Waals surface area contributed by atoms with Gasteiger partial charge in [0.05, 0.1) is 18.6 Å². The zero-order chi connectivity index (χ0) is 18.9. The van der Waals surface area contributed by atoms with Crippen LogP contribution in [-0.4, -0.2) is 37.8 Å². The van der Waals surface area contributed by atoms with Crippen LogP contribution in [0, 0.1) is 10.1 Å². The molecule has 0 aliphatic carbocycles. The molecule has 0 atom stereocenters. The first kappa shape index (κ1) is 19.0. The van der Waals surface area contributed by atoms with Crippen molar-refractivity contribution in [1.82, 2.24) is 0 Å². The maximum absolute atomic E-state index is 12.1. The number of benzene rings is 2. The van der Waals surface area contributed by atoms with Crippen molar-refractivity contribution in [3.05, 3.63) is 58.1 Å². The molecule has 2 rings (SSSR count). The summed E-state index contributed by atoms with van der Waals surface area (Å²) in [7, 11) is 1.37. The molecule has 0 saturated heterocycles. The molecule has 0 saturated carbocycles. The topological polar surface area (TPSA) is 97.1 Å². The van der Waals surface area contributed by atoms with Crippen LogP contribution in [0.15, 0.2) is 42.5 Å². The average Bonchev–Trinajstić information content (AvgIpc) is 2.66. The second kappa shape index (κ2) is 9.26. The van der Waals surface area contributed by atoms with E-state index in [4.69, 9.17) is 18.9 Å². The van der Waals surface area contributed by atoms with Crippen molar-refractivity contribution < 1.29 is 28.7 Å². The Labute approximate surface area is 150 Å². The van der Waals surface area contributed by atoms with Gasteiger partial charge in [0.15, 0.2) is 0 Å². The summed E-state index contributed by atoms with van der Waals surface area (Å²) in [5.41, 5.74) is -0.230. The van der Waals surface area contributed by atoms with Crippen molar-refractivity contribution >= 4 is 11.7 Å². The van der Waals surface area contributed by atoms with Crippen LogP contribution in [0.5, 0.6) is 17.2 Å². The van der Waals surface area contributed by atoms with E-state index < -0.39 is 10.9 Å². The number of rotatable bonds is 9. The van der Waals surface area contributed by atoms with E-state index in [0.29, 0.717) is 12.4 Å². The van der Waals surface area contributed by atoms with E-state index in [2.05, 4.69) is 0 Å². The number of nitrogens with zero attached hydrogens (tertiary/aromatic N) is 1. The third-order valence-electron chi connectivity index (χ3n) is 3.33. The van der Waals surface area contributed by atoms with Crippen LogP contribution in [-0.2, 0) is 4.74 Å². The third kappa shape index (κ3) is 5.10. The summed E-state index contributed by atoms with van der Waals surface area (Å²) in [5, 5.41) is 10.8. The van der Waals surface area contributed by atoms with Crippen LogP contribution < -0.4 is 14.2 Å². The SMILES string of the molecule is CCOc1ccc(OCCOC(=O)c2cc([N+](=O)[O-])ccc2OC)cc1. The lowest BCUT2D eigenvalue weighted by Gasteiger charge is -2.10. The fraction of sp³-hybridized carbons (Fsp3) is 0.278. The van der Waals surface area contributed by atoms with E-state index in [1.807, 2.05) is 6.92 Å². The van der Waals surface area contributed by atoms with Crippen molar-refractivity contribution in [3.8, 4) is 17.2 Å². The van der Waals surface area contributed by atoms with Crippen LogP contribution in [0.2, 0.25) is 0 Å². The fourth-order valence-corrected chi connectivity index (χ4v) is 2.14. The molecule has 0 radical (unpaired) electrons. The predicted molar refractivity (Wildman–Crippen MR) is 93.0 cm³/mol. The van der Waals surface area contributed by atoms with Gasteiger partial charge < -0.3 is 18.9 Å². The molecule has 0 spiro atoms. The predicted octanol–water partition coefficient (Wildman–Crippen LogP) is 3.24. The molecular weight excluding hydrogens is 342 g/mol. The minimum Gasteiger partial charge on any atom is -0.496 e. The molecule has 0 amide bonds. The lowest BCUT2D eigenvalue weighted by atomic mass is 10.2. The van der Waals surface area contributed by atoms with Crippen molar-refractivity contribution in [2.24, 2.45) is 0 Å². The lowest BCUT2D eigenvalue weighted by molar-refractivity contribution is -0.384. The number of carbonyl (C=O) groups excluding carboxylic acids is 1. The van der Waals surface area contributed by atoms with Crippen LogP contribution in [0.4, 0.5) is 5.69 Å². The van der Waals surface area contributed by atoms with Gasteiger partial charge in [0.1, 0.15) is 36.0 Å². The molecule has 0 heterocycles. The molecular formula is C18H19NO7. The second-order valence-corrected chi connectivity index (χ2v) is 5.03. The van der Waals surface area contributed by atoms with Crippen LogP contribution in [0.1, 0.15) is 17.3 Å². The van der Waals surface area contributed by atoms with Gasteiger partial charge in [0.25, 0.3) is 5.69 Å². The minimum atomic E-state index is -0.721. The normalized spacial score (nSPS) is 10.1. The lowest BCUT2D eigenvalue weighted by Crippen LogP contribution is -2.13. The summed E-state index contributed by atoms with van der Waals surface area (Å²) in [6.07, 6.45) is 0. The number of carbonyl (C=O) groups is 1. The van der Waals surface area contributed by atoms with Crippen LogP contribution >= 0.6 is 0 Å². The molecule has 0 aliphatic heterocycles. The summed E-state index contributed by atoms with van der Waals surface area (Å²) in [6, 6.07) is 10.8. The largest absolute Gasteiger partial charge is 0.496 e. The first-order valence-corrected chi connectivity index (χ1v) is 7.90. The zero-order valence-corrected chi connectivity index (χ0v) is 14.5. The smallest absolute Gasteiger partial charge is 0.342 e. The number of hydrogen-bond donors (Lipinski definition) is 0. The van der Waals surface area contributed by atoms with E-state index in [0.717, 1.165) is 11.8 Å². The Morgan fingerprint density at radius 2 is 1.69 bits per heavy atom. The Morgan fingerprint density at radius 1 is 1.04 bits per heavy atom. The van der Waals surface area contributed by atoms with E-state index in [9.17, 15) is 14.9 Å². The molecule has 2 aromatic carbocycles. The fourth-order valence-electron chi connectivity index (χ4n) is 2.14. The summed E-state index contributed by atoms with van der Waals surface area (Å²) in [6.45, 7) is 2.60. The Hall–Kier alpha value is -3.29. The van der Waals surface area contributed by atoms with Gasteiger partial charge in [-0.1, -0.05) is 0 Å². The molecule has 26 heavy (non-hydrogen) atoms. The van der Waals surface area contributed by atoms with E-state index in [1.165, 1.54) is 19.2 Å². The van der Waals surface area contributed by atoms with Gasteiger partial charge in [-0.25, -0.2) is 4.79 Å². The first-order chi connectivity index (χ1) is 12.5. The van der Waals surface area contributed by atoms with Gasteiger partial charge in [-0.3, -0.25) is 10.1 Å². The van der Waals surface area contributed by atoms with Crippen molar-refractivity contribution in [2.75, 3.05) is 26.9 Å². The highest BCUT2D eigenvalue weighted by molar-refractivity contribution is 5.93. The first-order valence-electron chi connectivity index (χ1n) is 7.90. The highest BCUT2D eigenvalue weighted by atomic mass is 16.6. The van der Waals surface area contributed by atoms with Gasteiger partial charge in [-0.05, 0) is 37.3 Å². The molecule has 2 aromatic rings. The number of methoxy groups -OCH3 is 1. The molecule has 0 fully saturated rings. The van der Waals surface area contributed by atoms with Gasteiger partial charge in [-0.15, -0.1) is 0 Å². The number of esters is 1. The third-order valence-corrected chi connectivity index (χ3v) is 3.33. The molecule has 0 N–H and O–H groups in total. The Balaban J connectivity index is 1.88. The number of ether oxygens (including phenoxy) is 4. The highest BCUT2D eigenvalue weighted by Gasteiger charge is 2.18. The van der Waals surface area contributed by atoms with Gasteiger partial charge in [-0.2, -0.15) is 0 Å². The molecule has 8 nitrogen and oxygen atoms in total. The molecule has 0 bridgehead atoms. The minimum absolute atomic E-state index is 0.0113. The molecule has 8 heteroatoms. The Morgan fingerprint density at radius 3 is 2.27 bits per heavy atom. The van der Waals surface area contributed by atoms with E-state index in [1.54, 1.807) is 24.3 Å². The van der Waals surface area contributed by atoms with Crippen molar-refractivity contribution in [3.63, 3.8) is 0 Å². The maximum atomic E-state index is 12.1. The highest BCUT2D eigenvalue weighted by Crippen LogP contribution is 2.24. The van der Waals surface area contributed by atoms with Gasteiger partial charge in [0, 0.05) is 12.1 Å². The molecule has 0 unspecified atom stereocenters. The van der Waals surface area contributed by atoms with Crippen LogP contribution in [0.3, 0.4) is 0 Å². The van der Waals surface area contributed by atoms with Gasteiger partial charge >= 0.3 is 5.97 Å². The van der Waals surface area contributed by atoms with Crippen LogP contribution in [0.25, 0.3) is 0 Å². The number of hydrogen-bond acceptors (Lipinski definition) is 7. The molecule has 0 aromatic heterocycles. The monoisotopic (exact) mass is 361 g/mol. The summed E-state index contributed by atoms with van der Waals surface area (Å²) < 4.78 is 20.9. The summed E-state index contributed by atoms with van der Waals surface area (Å²) in [4.78, 5) is 22.4. The van der Waals surface area contributed by atoms with Crippen molar-refractivity contribution in [2.45, 2.75) is 6.92 Å². The molecule has 0 aliphatic rings. The average molecular weight is 361 g/mol. The standard InChI is InChI=1S/C18H19NO7/c1-3-24-14-5-7-15(8-6-14)25-10-11-26-18(20)16-12-13(19(21)22)4-9-17(16)23-2/h4-9,12H,3,10-11H2,1-2H3. The zero-order valence-electron chi connectivity index (χ0n) is 14.5. The van der Waals surface area contributed by atoms with E-state index in [-0.39, 0.29) is 30.2 Å². The maximum Gasteiger partial charge on any atom is 0.342 e. The molecule has 138 valence electrons. The Bertz CT molecular complexity index is 759.